The summed E-state index contributed by atoms with van der Waals surface area (Å²) in [6.07, 6.45) is 2.34. The van der Waals surface area contributed by atoms with Crippen LogP contribution in [0.1, 0.15) is 0 Å². The van der Waals surface area contributed by atoms with Gasteiger partial charge in [-0.1, -0.05) is 0 Å². The molecule has 0 aliphatic heterocycles. The van der Waals surface area contributed by atoms with Crippen molar-refractivity contribution in [1.29, 1.82) is 0 Å². The maximum Gasteiger partial charge on any atom is 0.254 e. The standard InChI is InChI=1S/C5H6FN2O/c1-8-5(6)4(9-2)3-7-8/h1-2H3. The van der Waals surface area contributed by atoms with Crippen LogP contribution in [0.25, 0.3) is 0 Å². The van der Waals surface area contributed by atoms with Gasteiger partial charge in [-0.15, -0.1) is 0 Å². The minimum absolute atomic E-state index is 0.0532. The highest BCUT2D eigenvalue weighted by Gasteiger charge is 2.06. The van der Waals surface area contributed by atoms with Gasteiger partial charge >= 0.3 is 0 Å². The molecule has 0 atom stereocenters. The number of methoxy groups -OCH3 is 1. The van der Waals surface area contributed by atoms with Crippen molar-refractivity contribution < 1.29 is 9.13 Å². The van der Waals surface area contributed by atoms with Gasteiger partial charge in [0.2, 0.25) is 5.75 Å². The summed E-state index contributed by atoms with van der Waals surface area (Å²) in [6.45, 7) is 0. The quantitative estimate of drug-likeness (QED) is 0.547. The Bertz CT molecular complexity index is 209. The molecule has 9 heavy (non-hydrogen) atoms. The minimum Gasteiger partial charge on any atom is -0.490 e. The van der Waals surface area contributed by atoms with E-state index in [4.69, 9.17) is 0 Å². The molecule has 0 spiro atoms. The fraction of sp³-hybridized carbons (Fsp3) is 0.400. The molecule has 0 N–H and O–H groups in total. The van der Waals surface area contributed by atoms with Gasteiger partial charge in [0, 0.05) is 7.05 Å². The Morgan fingerprint density at radius 3 is 2.67 bits per heavy atom. The van der Waals surface area contributed by atoms with E-state index in [1.165, 1.54) is 14.2 Å². The molecular formula is C5H6FN2O. The van der Waals surface area contributed by atoms with Crippen molar-refractivity contribution in [1.82, 2.24) is 9.78 Å². The summed E-state index contributed by atoms with van der Waals surface area (Å²) in [5, 5.41) is 3.48. The van der Waals surface area contributed by atoms with Gasteiger partial charge in [-0.2, -0.15) is 9.49 Å². The minimum atomic E-state index is -0.502. The molecule has 1 radical (unpaired) electrons. The molecule has 1 rings (SSSR count). The predicted octanol–water partition coefficient (Wildman–Crippen LogP) is 0.368. The second kappa shape index (κ2) is 2.05. The zero-order chi connectivity index (χ0) is 6.85. The Balaban J connectivity index is 3.04. The van der Waals surface area contributed by atoms with Crippen LogP contribution in [-0.4, -0.2) is 16.9 Å². The van der Waals surface area contributed by atoms with Gasteiger partial charge in [-0.05, 0) is 0 Å². The van der Waals surface area contributed by atoms with Crippen LogP contribution in [0.3, 0.4) is 0 Å². The van der Waals surface area contributed by atoms with E-state index in [0.29, 0.717) is 0 Å². The maximum absolute atomic E-state index is 12.5. The van der Waals surface area contributed by atoms with Crippen LogP contribution in [0.5, 0.6) is 5.75 Å². The normalized spacial score (nSPS) is 9.67. The lowest BCUT2D eigenvalue weighted by molar-refractivity contribution is 0.373. The Morgan fingerprint density at radius 1 is 1.78 bits per heavy atom. The third-order valence-corrected chi connectivity index (χ3v) is 0.977. The lowest BCUT2D eigenvalue weighted by Crippen LogP contribution is -1.94. The molecule has 49 valence electrons. The maximum atomic E-state index is 12.5. The first-order valence-corrected chi connectivity index (χ1v) is 2.40. The molecule has 0 fully saturated rings. The molecule has 0 bridgehead atoms. The number of aromatic nitrogens is 2. The number of ether oxygens (including phenoxy) is 1. The molecule has 0 unspecified atom stereocenters. The van der Waals surface area contributed by atoms with E-state index in [2.05, 4.69) is 16.0 Å². The highest BCUT2D eigenvalue weighted by atomic mass is 19.1. The molecule has 1 heterocycles. The second-order valence-corrected chi connectivity index (χ2v) is 1.56. The first-order valence-electron chi connectivity index (χ1n) is 2.40. The van der Waals surface area contributed by atoms with E-state index >= 15 is 0 Å². The van der Waals surface area contributed by atoms with Gasteiger partial charge in [-0.25, -0.2) is 4.68 Å². The lowest BCUT2D eigenvalue weighted by atomic mass is 10.6. The van der Waals surface area contributed by atoms with Gasteiger partial charge in [0.25, 0.3) is 5.95 Å². The molecule has 0 aromatic carbocycles. The van der Waals surface area contributed by atoms with Crippen molar-refractivity contribution in [3.8, 4) is 5.75 Å². The number of halogens is 1. The molecule has 0 amide bonds. The third kappa shape index (κ3) is 0.872. The molecule has 0 aliphatic carbocycles. The van der Waals surface area contributed by atoms with Crippen LogP contribution in [0.4, 0.5) is 4.39 Å². The second-order valence-electron chi connectivity index (χ2n) is 1.56. The predicted molar refractivity (Wildman–Crippen MR) is 28.6 cm³/mol. The Hall–Kier alpha value is -1.06. The molecule has 1 aromatic heterocycles. The van der Waals surface area contributed by atoms with E-state index in [1.807, 2.05) is 0 Å². The van der Waals surface area contributed by atoms with E-state index in [-0.39, 0.29) is 5.75 Å². The van der Waals surface area contributed by atoms with Crippen molar-refractivity contribution in [2.24, 2.45) is 7.05 Å². The summed E-state index contributed by atoms with van der Waals surface area (Å²) >= 11 is 0. The topological polar surface area (TPSA) is 27.1 Å². The average Bonchev–Trinajstić information content (AvgIpc) is 2.15. The fourth-order valence-electron chi connectivity index (χ4n) is 0.487. The molecule has 0 saturated carbocycles. The zero-order valence-corrected chi connectivity index (χ0v) is 5.18. The van der Waals surface area contributed by atoms with Gasteiger partial charge in [-0.3, -0.25) is 0 Å². The monoisotopic (exact) mass is 129 g/mol. The molecule has 4 heteroatoms. The van der Waals surface area contributed by atoms with Crippen LogP contribution >= 0.6 is 0 Å². The third-order valence-electron chi connectivity index (χ3n) is 0.977. The van der Waals surface area contributed by atoms with Crippen LogP contribution in [-0.2, 0) is 7.05 Å². The summed E-state index contributed by atoms with van der Waals surface area (Å²) in [7, 11) is 2.85. The SMILES string of the molecule is COc1[c]nn(C)c1F. The van der Waals surface area contributed by atoms with E-state index in [1.54, 1.807) is 0 Å². The highest BCUT2D eigenvalue weighted by molar-refractivity contribution is 5.11. The van der Waals surface area contributed by atoms with E-state index in [9.17, 15) is 4.39 Å². The number of hydrogen-bond donors (Lipinski definition) is 0. The molecule has 3 nitrogen and oxygen atoms in total. The van der Waals surface area contributed by atoms with Gasteiger partial charge in [0.15, 0.2) is 6.20 Å². The highest BCUT2D eigenvalue weighted by Crippen LogP contribution is 2.11. The smallest absolute Gasteiger partial charge is 0.254 e. The average molecular weight is 129 g/mol. The number of nitrogens with zero attached hydrogens (tertiary/aromatic N) is 2. The Kier molecular flexibility index (Phi) is 1.38. The van der Waals surface area contributed by atoms with Crippen molar-refractivity contribution >= 4 is 0 Å². The number of aryl methyl sites for hydroxylation is 1. The lowest BCUT2D eigenvalue weighted by Gasteiger charge is -1.91. The van der Waals surface area contributed by atoms with Gasteiger partial charge < -0.3 is 4.74 Å². The summed E-state index contributed by atoms with van der Waals surface area (Å²) < 4.78 is 18.1. The Morgan fingerprint density at radius 2 is 2.44 bits per heavy atom. The molecular weight excluding hydrogens is 123 g/mol. The summed E-state index contributed by atoms with van der Waals surface area (Å²) in [6, 6.07) is 0. The Labute approximate surface area is 52.0 Å². The van der Waals surface area contributed by atoms with Crippen molar-refractivity contribution in [2.75, 3.05) is 7.11 Å². The van der Waals surface area contributed by atoms with Crippen LogP contribution in [0, 0.1) is 12.1 Å². The van der Waals surface area contributed by atoms with Crippen LogP contribution < -0.4 is 4.74 Å². The van der Waals surface area contributed by atoms with Crippen molar-refractivity contribution in [3.63, 3.8) is 0 Å². The molecule has 0 aliphatic rings. The van der Waals surface area contributed by atoms with Crippen molar-refractivity contribution in [3.05, 3.63) is 12.1 Å². The summed E-state index contributed by atoms with van der Waals surface area (Å²) in [5.41, 5.74) is 0. The molecule has 1 aromatic rings. The summed E-state index contributed by atoms with van der Waals surface area (Å²) in [5.74, 6) is -0.449. The van der Waals surface area contributed by atoms with Crippen LogP contribution in [0.15, 0.2) is 0 Å². The van der Waals surface area contributed by atoms with E-state index < -0.39 is 5.95 Å². The van der Waals surface area contributed by atoms with Crippen LogP contribution in [0.2, 0.25) is 0 Å². The number of rotatable bonds is 1. The zero-order valence-electron chi connectivity index (χ0n) is 5.18. The first-order chi connectivity index (χ1) is 4.25. The van der Waals surface area contributed by atoms with E-state index in [0.717, 1.165) is 4.68 Å². The largest absolute Gasteiger partial charge is 0.490 e. The number of hydrogen-bond acceptors (Lipinski definition) is 2. The first kappa shape index (κ1) is 6.07. The van der Waals surface area contributed by atoms with Gasteiger partial charge in [0.1, 0.15) is 0 Å². The van der Waals surface area contributed by atoms with Gasteiger partial charge in [0.05, 0.1) is 7.11 Å². The molecule has 0 saturated heterocycles. The fourth-order valence-corrected chi connectivity index (χ4v) is 0.487. The van der Waals surface area contributed by atoms with Crippen molar-refractivity contribution in [2.45, 2.75) is 0 Å². The summed E-state index contributed by atoms with van der Waals surface area (Å²) in [4.78, 5) is 0.